The van der Waals surface area contributed by atoms with Gasteiger partial charge in [0.2, 0.25) is 0 Å². The number of rotatable bonds is 4. The normalized spacial score (nSPS) is 40.0. The molecule has 5 fully saturated rings. The molecule has 29 heavy (non-hydrogen) atoms. The van der Waals surface area contributed by atoms with Crippen LogP contribution in [0, 0.1) is 0 Å². The van der Waals surface area contributed by atoms with Crippen molar-refractivity contribution in [2.24, 2.45) is 0 Å². The summed E-state index contributed by atoms with van der Waals surface area (Å²) in [5.41, 5.74) is 0. The van der Waals surface area contributed by atoms with Gasteiger partial charge in [0.15, 0.2) is 24.0 Å². The minimum absolute atomic E-state index is 0.0325. The molecule has 0 aromatic carbocycles. The summed E-state index contributed by atoms with van der Waals surface area (Å²) < 4.78 is 31.8. The first kappa shape index (κ1) is 20.2. The molecular weight excluding hydrogens is 378 g/mol. The van der Waals surface area contributed by atoms with Gasteiger partial charge in [0.25, 0.3) is 5.91 Å². The average molecular weight is 411 g/mol. The van der Waals surface area contributed by atoms with Crippen molar-refractivity contribution in [1.82, 2.24) is 5.32 Å². The number of amides is 1. The van der Waals surface area contributed by atoms with Crippen LogP contribution in [0.25, 0.3) is 0 Å². The van der Waals surface area contributed by atoms with Gasteiger partial charge in [-0.15, -0.1) is 0 Å². The zero-order chi connectivity index (χ0) is 19.9. The molecule has 5 aliphatic rings. The molecule has 0 bridgehead atoms. The van der Waals surface area contributed by atoms with Gasteiger partial charge < -0.3 is 34.1 Å². The lowest BCUT2D eigenvalue weighted by Crippen LogP contribution is -2.59. The topological polar surface area (TPSA) is 95.5 Å². The van der Waals surface area contributed by atoms with Crippen LogP contribution >= 0.6 is 0 Å². The molecule has 164 valence electrons. The molecule has 2 saturated carbocycles. The number of aliphatic hydroxyl groups is 1. The summed E-state index contributed by atoms with van der Waals surface area (Å²) in [6.45, 7) is 0.429. The molecule has 2 spiro atoms. The lowest BCUT2D eigenvalue weighted by atomic mass is 9.94. The highest BCUT2D eigenvalue weighted by Crippen LogP contribution is 2.50. The molecule has 2 N–H and O–H groups in total. The standard InChI is InChI=1S/C21H33NO7/c23-13-7-12-22-18(24)16-14-15(27-20(26-14)8-3-1-4-9-20)17-19(25-16)29-21(28-17)10-5-2-6-11-21/h14-17,19,23H,1-13H2,(H,22,24)/t14-,15+,16+,17+,19-/m0/s1. The van der Waals surface area contributed by atoms with Gasteiger partial charge in [-0.3, -0.25) is 4.79 Å². The summed E-state index contributed by atoms with van der Waals surface area (Å²) in [6.07, 6.45) is 7.82. The number of carbonyl (C=O) groups is 1. The highest BCUT2D eigenvalue weighted by molar-refractivity contribution is 5.81. The zero-order valence-electron chi connectivity index (χ0n) is 17.0. The van der Waals surface area contributed by atoms with Crippen molar-refractivity contribution in [3.8, 4) is 0 Å². The molecule has 8 nitrogen and oxygen atoms in total. The van der Waals surface area contributed by atoms with Gasteiger partial charge in [0.05, 0.1) is 0 Å². The third-order valence-corrected chi connectivity index (χ3v) is 7.00. The van der Waals surface area contributed by atoms with E-state index >= 15 is 0 Å². The highest BCUT2D eigenvalue weighted by atomic mass is 16.9. The maximum absolute atomic E-state index is 12.9. The Kier molecular flexibility index (Phi) is 5.60. The fourth-order valence-electron chi connectivity index (χ4n) is 5.56. The average Bonchev–Trinajstić information content (AvgIpc) is 3.26. The van der Waals surface area contributed by atoms with Gasteiger partial charge in [-0.25, -0.2) is 0 Å². The van der Waals surface area contributed by atoms with E-state index in [1.54, 1.807) is 0 Å². The van der Waals surface area contributed by atoms with Crippen molar-refractivity contribution < 1.29 is 33.6 Å². The molecule has 0 aromatic rings. The smallest absolute Gasteiger partial charge is 0.252 e. The maximum atomic E-state index is 12.9. The Morgan fingerprint density at radius 3 is 2.07 bits per heavy atom. The number of fused-ring (bicyclic) bond motifs is 3. The SMILES string of the molecule is O=C(NCCCO)[C@@H]1O[C@H]2OC3(CCCCC3)O[C@@H]2[C@@H]2OC3(CCCCC3)O[C@@H]21. The van der Waals surface area contributed by atoms with E-state index in [0.717, 1.165) is 51.4 Å². The van der Waals surface area contributed by atoms with E-state index in [2.05, 4.69) is 5.32 Å². The van der Waals surface area contributed by atoms with Crippen molar-refractivity contribution in [3.63, 3.8) is 0 Å². The predicted octanol–water partition coefficient (Wildman–Crippen LogP) is 1.73. The fraction of sp³-hybridized carbons (Fsp3) is 0.952. The highest BCUT2D eigenvalue weighted by Gasteiger charge is 2.65. The summed E-state index contributed by atoms with van der Waals surface area (Å²) in [5, 5.41) is 11.9. The molecule has 0 radical (unpaired) electrons. The van der Waals surface area contributed by atoms with Crippen LogP contribution in [-0.2, 0) is 28.5 Å². The molecule has 5 atom stereocenters. The lowest BCUT2D eigenvalue weighted by Gasteiger charge is -2.36. The van der Waals surface area contributed by atoms with Gasteiger partial charge in [0, 0.05) is 38.8 Å². The number of carbonyl (C=O) groups excluding carboxylic acids is 1. The van der Waals surface area contributed by atoms with E-state index < -0.39 is 30.1 Å². The molecule has 8 heteroatoms. The van der Waals surface area contributed by atoms with Gasteiger partial charge in [0.1, 0.15) is 18.3 Å². The summed E-state index contributed by atoms with van der Waals surface area (Å²) in [6, 6.07) is 0. The summed E-state index contributed by atoms with van der Waals surface area (Å²) in [4.78, 5) is 12.9. The number of nitrogens with one attached hydrogen (secondary N) is 1. The molecule has 5 rings (SSSR count). The van der Waals surface area contributed by atoms with Crippen molar-refractivity contribution in [2.45, 2.75) is 113 Å². The zero-order valence-corrected chi connectivity index (χ0v) is 17.0. The van der Waals surface area contributed by atoms with Crippen molar-refractivity contribution >= 4 is 5.91 Å². The minimum Gasteiger partial charge on any atom is -0.396 e. The molecular formula is C21H33NO7. The summed E-state index contributed by atoms with van der Waals surface area (Å²) in [5.74, 6) is -1.50. The quantitative estimate of drug-likeness (QED) is 0.680. The van der Waals surface area contributed by atoms with Crippen molar-refractivity contribution in [3.05, 3.63) is 0 Å². The van der Waals surface area contributed by atoms with Crippen LogP contribution in [0.5, 0.6) is 0 Å². The Labute approximate surface area is 171 Å². The number of aliphatic hydroxyl groups excluding tert-OH is 1. The first-order chi connectivity index (χ1) is 14.1. The summed E-state index contributed by atoms with van der Waals surface area (Å²) in [7, 11) is 0. The minimum atomic E-state index is -0.802. The van der Waals surface area contributed by atoms with E-state index in [1.807, 2.05) is 0 Å². The van der Waals surface area contributed by atoms with Crippen molar-refractivity contribution in [1.29, 1.82) is 0 Å². The lowest BCUT2D eigenvalue weighted by molar-refractivity contribution is -0.247. The molecule has 3 saturated heterocycles. The van der Waals surface area contributed by atoms with Gasteiger partial charge in [-0.2, -0.15) is 0 Å². The largest absolute Gasteiger partial charge is 0.396 e. The summed E-state index contributed by atoms with van der Waals surface area (Å²) >= 11 is 0. The Bertz CT molecular complexity index is 602. The molecule has 3 aliphatic heterocycles. The molecule has 0 aromatic heterocycles. The fourth-order valence-corrected chi connectivity index (χ4v) is 5.56. The molecule has 2 aliphatic carbocycles. The monoisotopic (exact) mass is 411 g/mol. The van der Waals surface area contributed by atoms with Gasteiger partial charge in [-0.1, -0.05) is 12.8 Å². The number of ether oxygens (including phenoxy) is 5. The van der Waals surface area contributed by atoms with Crippen LogP contribution in [-0.4, -0.2) is 66.4 Å². The predicted molar refractivity (Wildman–Crippen MR) is 101 cm³/mol. The van der Waals surface area contributed by atoms with Crippen LogP contribution in [0.15, 0.2) is 0 Å². The second-order valence-corrected chi connectivity index (χ2v) is 9.10. The molecule has 0 unspecified atom stereocenters. The van der Waals surface area contributed by atoms with Gasteiger partial charge >= 0.3 is 0 Å². The van der Waals surface area contributed by atoms with E-state index in [-0.39, 0.29) is 24.7 Å². The first-order valence-electron chi connectivity index (χ1n) is 11.4. The maximum Gasteiger partial charge on any atom is 0.252 e. The van der Waals surface area contributed by atoms with Gasteiger partial charge in [-0.05, 0) is 32.1 Å². The van der Waals surface area contributed by atoms with Crippen LogP contribution < -0.4 is 5.32 Å². The van der Waals surface area contributed by atoms with E-state index in [9.17, 15) is 4.79 Å². The Hall–Kier alpha value is -0.770. The third-order valence-electron chi connectivity index (χ3n) is 7.00. The molecule has 3 heterocycles. The number of hydrogen-bond acceptors (Lipinski definition) is 7. The van der Waals surface area contributed by atoms with Crippen LogP contribution in [0.1, 0.15) is 70.6 Å². The Morgan fingerprint density at radius 1 is 0.828 bits per heavy atom. The van der Waals surface area contributed by atoms with E-state index in [0.29, 0.717) is 13.0 Å². The second-order valence-electron chi connectivity index (χ2n) is 9.10. The first-order valence-corrected chi connectivity index (χ1v) is 11.4. The van der Waals surface area contributed by atoms with Crippen LogP contribution in [0.3, 0.4) is 0 Å². The van der Waals surface area contributed by atoms with E-state index in [4.69, 9.17) is 28.8 Å². The van der Waals surface area contributed by atoms with E-state index in [1.165, 1.54) is 12.8 Å². The Morgan fingerprint density at radius 2 is 1.41 bits per heavy atom. The van der Waals surface area contributed by atoms with Crippen LogP contribution in [0.2, 0.25) is 0 Å². The second kappa shape index (κ2) is 8.05. The molecule has 1 amide bonds. The van der Waals surface area contributed by atoms with Crippen molar-refractivity contribution in [2.75, 3.05) is 13.2 Å². The third kappa shape index (κ3) is 3.72. The Balaban J connectivity index is 1.37. The van der Waals surface area contributed by atoms with Crippen LogP contribution in [0.4, 0.5) is 0 Å². The number of hydrogen-bond donors (Lipinski definition) is 2.